The molecule has 0 aliphatic heterocycles. The van der Waals surface area contributed by atoms with Crippen LogP contribution < -0.4 is 5.73 Å². The number of H-pyrrole nitrogens is 1. The first kappa shape index (κ1) is 13.1. The monoisotopic (exact) mass is 259 g/mol. The minimum Gasteiger partial charge on any atom is -0.395 e. The van der Waals surface area contributed by atoms with Gasteiger partial charge in [-0.3, -0.25) is 14.9 Å². The van der Waals surface area contributed by atoms with E-state index in [1.807, 2.05) is 19.1 Å². The highest BCUT2D eigenvalue weighted by Crippen LogP contribution is 2.16. The molecular formula is C13H17N5O. The van der Waals surface area contributed by atoms with Gasteiger partial charge in [0.15, 0.2) is 5.69 Å². The number of nitrogen functional groups attached to an aromatic ring is 1. The summed E-state index contributed by atoms with van der Waals surface area (Å²) in [5, 5.41) is 6.70. The van der Waals surface area contributed by atoms with Gasteiger partial charge in [-0.05, 0) is 31.5 Å². The van der Waals surface area contributed by atoms with Gasteiger partial charge in [-0.2, -0.15) is 5.10 Å². The molecule has 0 unspecified atom stereocenters. The molecule has 0 atom stereocenters. The second kappa shape index (κ2) is 5.51. The lowest BCUT2D eigenvalue weighted by Gasteiger charge is -2.20. The molecule has 2 aromatic heterocycles. The van der Waals surface area contributed by atoms with E-state index in [1.54, 1.807) is 24.2 Å². The molecule has 2 rings (SSSR count). The highest BCUT2D eigenvalue weighted by atomic mass is 16.2. The molecule has 0 aromatic carbocycles. The standard InChI is InChI=1S/C13H17N5O/c1-3-18(8-10-4-6-15-7-5-10)13(19)12-11(14)9(2)16-17-12/h4-7H,3,8,14H2,1-2H3,(H,16,17). The summed E-state index contributed by atoms with van der Waals surface area (Å²) in [4.78, 5) is 18.0. The molecule has 0 bridgehead atoms. The minimum absolute atomic E-state index is 0.166. The third kappa shape index (κ3) is 2.73. The number of hydrogen-bond donors (Lipinski definition) is 2. The molecule has 19 heavy (non-hydrogen) atoms. The normalized spacial score (nSPS) is 10.4. The van der Waals surface area contributed by atoms with Crippen LogP contribution in [0.1, 0.15) is 28.7 Å². The molecule has 0 fully saturated rings. The van der Waals surface area contributed by atoms with Gasteiger partial charge >= 0.3 is 0 Å². The Morgan fingerprint density at radius 1 is 1.42 bits per heavy atom. The van der Waals surface area contributed by atoms with Crippen molar-refractivity contribution in [3.8, 4) is 0 Å². The zero-order valence-electron chi connectivity index (χ0n) is 11.1. The Labute approximate surface area is 111 Å². The maximum atomic E-state index is 12.4. The van der Waals surface area contributed by atoms with Crippen LogP contribution in [-0.4, -0.2) is 32.5 Å². The van der Waals surface area contributed by atoms with Crippen LogP contribution in [-0.2, 0) is 6.54 Å². The Hall–Kier alpha value is -2.37. The first-order valence-corrected chi connectivity index (χ1v) is 6.12. The fourth-order valence-corrected chi connectivity index (χ4v) is 1.79. The quantitative estimate of drug-likeness (QED) is 0.867. The Morgan fingerprint density at radius 3 is 2.63 bits per heavy atom. The second-order valence-electron chi connectivity index (χ2n) is 4.29. The van der Waals surface area contributed by atoms with E-state index in [-0.39, 0.29) is 11.6 Å². The summed E-state index contributed by atoms with van der Waals surface area (Å²) in [6.45, 7) is 4.82. The first-order chi connectivity index (χ1) is 9.13. The molecule has 100 valence electrons. The van der Waals surface area contributed by atoms with Crippen LogP contribution in [0.2, 0.25) is 0 Å². The van der Waals surface area contributed by atoms with Crippen molar-refractivity contribution in [3.63, 3.8) is 0 Å². The molecule has 6 heteroatoms. The molecule has 2 heterocycles. The predicted molar refractivity (Wildman–Crippen MR) is 72.4 cm³/mol. The summed E-state index contributed by atoms with van der Waals surface area (Å²) < 4.78 is 0. The smallest absolute Gasteiger partial charge is 0.276 e. The number of nitrogens with zero attached hydrogens (tertiary/aromatic N) is 3. The number of aryl methyl sites for hydroxylation is 1. The van der Waals surface area contributed by atoms with Crippen LogP contribution >= 0.6 is 0 Å². The predicted octanol–water partition coefficient (Wildman–Crippen LogP) is 1.36. The number of aromatic nitrogens is 3. The van der Waals surface area contributed by atoms with Crippen molar-refractivity contribution >= 4 is 11.6 Å². The van der Waals surface area contributed by atoms with Crippen molar-refractivity contribution in [2.45, 2.75) is 20.4 Å². The zero-order chi connectivity index (χ0) is 13.8. The topological polar surface area (TPSA) is 87.9 Å². The number of amides is 1. The highest BCUT2D eigenvalue weighted by Gasteiger charge is 2.20. The zero-order valence-corrected chi connectivity index (χ0v) is 11.1. The van der Waals surface area contributed by atoms with E-state index in [9.17, 15) is 4.79 Å². The van der Waals surface area contributed by atoms with Crippen LogP contribution in [0.25, 0.3) is 0 Å². The van der Waals surface area contributed by atoms with Crippen LogP contribution in [0.15, 0.2) is 24.5 Å². The molecule has 3 N–H and O–H groups in total. The number of anilines is 1. The summed E-state index contributed by atoms with van der Waals surface area (Å²) in [6, 6.07) is 3.77. The molecule has 0 saturated carbocycles. The van der Waals surface area contributed by atoms with E-state index >= 15 is 0 Å². The first-order valence-electron chi connectivity index (χ1n) is 6.12. The van der Waals surface area contributed by atoms with E-state index in [4.69, 9.17) is 5.73 Å². The Balaban J connectivity index is 2.18. The molecular weight excluding hydrogens is 242 g/mol. The summed E-state index contributed by atoms with van der Waals surface area (Å²) in [7, 11) is 0. The minimum atomic E-state index is -0.166. The maximum Gasteiger partial charge on any atom is 0.276 e. The maximum absolute atomic E-state index is 12.4. The fourth-order valence-electron chi connectivity index (χ4n) is 1.79. The van der Waals surface area contributed by atoms with Crippen molar-refractivity contribution < 1.29 is 4.79 Å². The molecule has 6 nitrogen and oxygen atoms in total. The SMILES string of the molecule is CCN(Cc1ccncc1)C(=O)c1n[nH]c(C)c1N. The van der Waals surface area contributed by atoms with Gasteiger partial charge in [-0.15, -0.1) is 0 Å². The average Bonchev–Trinajstić information content (AvgIpc) is 2.77. The summed E-state index contributed by atoms with van der Waals surface area (Å²) in [6.07, 6.45) is 3.42. The number of nitrogens with one attached hydrogen (secondary N) is 1. The Morgan fingerprint density at radius 2 is 2.11 bits per heavy atom. The van der Waals surface area contributed by atoms with Crippen LogP contribution in [0.5, 0.6) is 0 Å². The molecule has 0 spiro atoms. The largest absolute Gasteiger partial charge is 0.395 e. The van der Waals surface area contributed by atoms with E-state index in [0.717, 1.165) is 5.56 Å². The highest BCUT2D eigenvalue weighted by molar-refractivity contribution is 5.97. The number of hydrogen-bond acceptors (Lipinski definition) is 4. The third-order valence-electron chi connectivity index (χ3n) is 2.99. The van der Waals surface area contributed by atoms with Gasteiger partial charge in [0.05, 0.1) is 11.4 Å². The van der Waals surface area contributed by atoms with Crippen molar-refractivity contribution in [1.82, 2.24) is 20.1 Å². The number of carbonyl (C=O) groups is 1. The molecule has 0 aliphatic carbocycles. The number of pyridine rings is 1. The number of carbonyl (C=O) groups excluding carboxylic acids is 1. The number of aromatic amines is 1. The van der Waals surface area contributed by atoms with E-state index in [0.29, 0.717) is 24.5 Å². The molecule has 2 aromatic rings. The fraction of sp³-hybridized carbons (Fsp3) is 0.308. The second-order valence-corrected chi connectivity index (χ2v) is 4.29. The van der Waals surface area contributed by atoms with Gasteiger partial charge in [-0.25, -0.2) is 0 Å². The summed E-state index contributed by atoms with van der Waals surface area (Å²) in [5.41, 5.74) is 8.27. The van der Waals surface area contributed by atoms with Crippen LogP contribution in [0, 0.1) is 6.92 Å². The van der Waals surface area contributed by atoms with Gasteiger partial charge in [0.25, 0.3) is 5.91 Å². The van der Waals surface area contributed by atoms with E-state index in [2.05, 4.69) is 15.2 Å². The third-order valence-corrected chi connectivity index (χ3v) is 2.99. The lowest BCUT2D eigenvalue weighted by molar-refractivity contribution is 0.0747. The Bertz CT molecular complexity index is 564. The van der Waals surface area contributed by atoms with Crippen LogP contribution in [0.4, 0.5) is 5.69 Å². The van der Waals surface area contributed by atoms with Crippen LogP contribution in [0.3, 0.4) is 0 Å². The molecule has 0 saturated heterocycles. The number of rotatable bonds is 4. The number of nitrogens with two attached hydrogens (primary N) is 1. The van der Waals surface area contributed by atoms with Gasteiger partial charge < -0.3 is 10.6 Å². The summed E-state index contributed by atoms with van der Waals surface area (Å²) >= 11 is 0. The van der Waals surface area contributed by atoms with Gasteiger partial charge in [0.1, 0.15) is 0 Å². The van der Waals surface area contributed by atoms with E-state index in [1.165, 1.54) is 0 Å². The average molecular weight is 259 g/mol. The van der Waals surface area contributed by atoms with Gasteiger partial charge in [0.2, 0.25) is 0 Å². The van der Waals surface area contributed by atoms with Crippen molar-refractivity contribution in [2.75, 3.05) is 12.3 Å². The molecule has 1 amide bonds. The van der Waals surface area contributed by atoms with E-state index < -0.39 is 0 Å². The van der Waals surface area contributed by atoms with Gasteiger partial charge in [0, 0.05) is 25.5 Å². The lowest BCUT2D eigenvalue weighted by atomic mass is 10.2. The molecule has 0 aliphatic rings. The summed E-state index contributed by atoms with van der Waals surface area (Å²) in [5.74, 6) is -0.166. The van der Waals surface area contributed by atoms with Crippen molar-refractivity contribution in [3.05, 3.63) is 41.5 Å². The van der Waals surface area contributed by atoms with Gasteiger partial charge in [-0.1, -0.05) is 0 Å². The van der Waals surface area contributed by atoms with Crippen molar-refractivity contribution in [1.29, 1.82) is 0 Å². The lowest BCUT2D eigenvalue weighted by Crippen LogP contribution is -2.31. The molecule has 0 radical (unpaired) electrons. The van der Waals surface area contributed by atoms with Crippen molar-refractivity contribution in [2.24, 2.45) is 0 Å². The Kier molecular flexibility index (Phi) is 3.79.